The van der Waals surface area contributed by atoms with Crippen molar-refractivity contribution in [2.75, 3.05) is 12.8 Å². The first-order valence-electron chi connectivity index (χ1n) is 8.87. The second kappa shape index (κ2) is 8.94. The van der Waals surface area contributed by atoms with E-state index in [1.54, 1.807) is 0 Å². The lowest BCUT2D eigenvalue weighted by atomic mass is 10.2. The first-order valence-corrected chi connectivity index (χ1v) is 11.4. The van der Waals surface area contributed by atoms with E-state index in [4.69, 9.17) is 0 Å². The van der Waals surface area contributed by atoms with Gasteiger partial charge in [0, 0.05) is 7.26 Å². The van der Waals surface area contributed by atoms with E-state index in [1.165, 1.54) is 16.7 Å². The molecule has 0 unspecified atom stereocenters. The van der Waals surface area contributed by atoms with E-state index < -0.39 is 7.26 Å². The Balaban J connectivity index is 1.94. The van der Waals surface area contributed by atoms with Crippen molar-refractivity contribution in [1.29, 1.82) is 0 Å². The number of aliphatic hydroxyl groups is 1. The van der Waals surface area contributed by atoms with E-state index in [-0.39, 0.29) is 6.61 Å². The van der Waals surface area contributed by atoms with E-state index in [1.807, 2.05) is 0 Å². The molecule has 25 heavy (non-hydrogen) atoms. The summed E-state index contributed by atoms with van der Waals surface area (Å²) >= 11 is 0. The molecule has 0 spiro atoms. The van der Waals surface area contributed by atoms with Crippen molar-refractivity contribution in [2.45, 2.75) is 18.5 Å². The molecular weight excluding hydrogens is 323 g/mol. The minimum atomic E-state index is -1.41. The Kier molecular flexibility index (Phi) is 6.39. The van der Waals surface area contributed by atoms with Crippen molar-refractivity contribution in [2.24, 2.45) is 0 Å². The van der Waals surface area contributed by atoms with E-state index >= 15 is 0 Å². The monoisotopic (exact) mass is 349 g/mol. The number of aliphatic hydroxyl groups excluding tert-OH is 1. The first kappa shape index (κ1) is 17.9. The molecule has 3 aromatic carbocycles. The SMILES string of the molecule is OCC[P+](Cc1ccccc1)(Cc1ccccc1)Cc1ccccc1. The molecule has 0 fully saturated rings. The summed E-state index contributed by atoms with van der Waals surface area (Å²) < 4.78 is 0. The third-order valence-corrected chi connectivity index (χ3v) is 8.91. The largest absolute Gasteiger partial charge is 0.393 e. The van der Waals surface area contributed by atoms with Crippen LogP contribution in [-0.2, 0) is 18.5 Å². The van der Waals surface area contributed by atoms with Gasteiger partial charge in [0.2, 0.25) is 0 Å². The number of benzene rings is 3. The highest BCUT2D eigenvalue weighted by Gasteiger charge is 2.37. The molecule has 0 heterocycles. The van der Waals surface area contributed by atoms with Crippen LogP contribution < -0.4 is 0 Å². The molecular formula is C23H26OP+. The van der Waals surface area contributed by atoms with Gasteiger partial charge in [-0.25, -0.2) is 0 Å². The van der Waals surface area contributed by atoms with Gasteiger partial charge in [-0.2, -0.15) is 0 Å². The molecule has 0 amide bonds. The lowest BCUT2D eigenvalue weighted by Gasteiger charge is -2.28. The van der Waals surface area contributed by atoms with Crippen LogP contribution in [0.4, 0.5) is 0 Å². The lowest BCUT2D eigenvalue weighted by Crippen LogP contribution is -2.11. The predicted molar refractivity (Wildman–Crippen MR) is 109 cm³/mol. The Hall–Kier alpha value is -1.95. The Morgan fingerprint density at radius 3 is 1.12 bits per heavy atom. The molecule has 1 N–H and O–H groups in total. The smallest absolute Gasteiger partial charge is 0.0850 e. The fourth-order valence-electron chi connectivity index (χ4n) is 3.53. The van der Waals surface area contributed by atoms with Crippen molar-refractivity contribution >= 4 is 7.26 Å². The molecule has 0 saturated carbocycles. The average Bonchev–Trinajstić information content (AvgIpc) is 2.64. The minimum Gasteiger partial charge on any atom is -0.393 e. The minimum absolute atomic E-state index is 0.264. The van der Waals surface area contributed by atoms with Gasteiger partial charge in [-0.1, -0.05) is 91.0 Å². The van der Waals surface area contributed by atoms with Gasteiger partial charge in [-0.15, -0.1) is 0 Å². The van der Waals surface area contributed by atoms with Crippen LogP contribution >= 0.6 is 7.26 Å². The molecule has 3 rings (SSSR count). The molecule has 0 aliphatic rings. The summed E-state index contributed by atoms with van der Waals surface area (Å²) in [5.74, 6) is 0. The zero-order valence-electron chi connectivity index (χ0n) is 14.6. The molecule has 0 atom stereocenters. The summed E-state index contributed by atoms with van der Waals surface area (Å²) in [7, 11) is -1.41. The van der Waals surface area contributed by atoms with Crippen LogP contribution in [0.3, 0.4) is 0 Å². The summed E-state index contributed by atoms with van der Waals surface area (Å²) in [6.07, 6.45) is 4.15. The highest BCUT2D eigenvalue weighted by Crippen LogP contribution is 2.66. The molecule has 0 saturated heterocycles. The van der Waals surface area contributed by atoms with Gasteiger partial charge >= 0.3 is 0 Å². The topological polar surface area (TPSA) is 20.2 Å². The zero-order valence-corrected chi connectivity index (χ0v) is 15.5. The highest BCUT2D eigenvalue weighted by molar-refractivity contribution is 7.73. The van der Waals surface area contributed by atoms with E-state index in [9.17, 15) is 5.11 Å². The molecule has 0 aliphatic heterocycles. The summed E-state index contributed by atoms with van der Waals surface area (Å²) in [5.41, 5.74) is 4.16. The van der Waals surface area contributed by atoms with Gasteiger partial charge in [0.25, 0.3) is 0 Å². The molecule has 128 valence electrons. The molecule has 1 nitrogen and oxygen atoms in total. The van der Waals surface area contributed by atoms with Gasteiger partial charge in [-0.3, -0.25) is 0 Å². The fourth-order valence-corrected chi connectivity index (χ4v) is 7.72. The molecule has 0 radical (unpaired) electrons. The van der Waals surface area contributed by atoms with Crippen LogP contribution in [0.2, 0.25) is 0 Å². The number of hydrogen-bond acceptors (Lipinski definition) is 1. The Morgan fingerprint density at radius 2 is 0.840 bits per heavy atom. The van der Waals surface area contributed by atoms with Crippen molar-refractivity contribution in [3.8, 4) is 0 Å². The van der Waals surface area contributed by atoms with Crippen LogP contribution in [0, 0.1) is 0 Å². The van der Waals surface area contributed by atoms with E-state index in [0.29, 0.717) is 0 Å². The van der Waals surface area contributed by atoms with Crippen molar-refractivity contribution < 1.29 is 5.11 Å². The molecule has 2 heteroatoms. The summed E-state index contributed by atoms with van der Waals surface area (Å²) in [5, 5.41) is 9.86. The molecule has 0 aromatic heterocycles. The van der Waals surface area contributed by atoms with Crippen LogP contribution in [0.1, 0.15) is 16.7 Å². The predicted octanol–water partition coefficient (Wildman–Crippen LogP) is 5.60. The Morgan fingerprint density at radius 1 is 0.520 bits per heavy atom. The van der Waals surface area contributed by atoms with Crippen LogP contribution in [-0.4, -0.2) is 17.9 Å². The highest BCUT2D eigenvalue weighted by atomic mass is 31.2. The fraction of sp³-hybridized carbons (Fsp3) is 0.217. The number of rotatable bonds is 8. The van der Waals surface area contributed by atoms with Crippen LogP contribution in [0.5, 0.6) is 0 Å². The zero-order chi connectivity index (χ0) is 17.4. The van der Waals surface area contributed by atoms with Crippen molar-refractivity contribution in [1.82, 2.24) is 0 Å². The van der Waals surface area contributed by atoms with Crippen LogP contribution in [0.25, 0.3) is 0 Å². The second-order valence-corrected chi connectivity index (χ2v) is 10.8. The molecule has 3 aromatic rings. The maximum atomic E-state index is 9.86. The van der Waals surface area contributed by atoms with Gasteiger partial charge in [0.1, 0.15) is 0 Å². The van der Waals surface area contributed by atoms with E-state index in [2.05, 4.69) is 91.0 Å². The Bertz CT molecular complexity index is 639. The average molecular weight is 349 g/mol. The lowest BCUT2D eigenvalue weighted by molar-refractivity contribution is 0.320. The normalized spacial score (nSPS) is 11.4. The van der Waals surface area contributed by atoms with Gasteiger partial charge in [-0.05, 0) is 16.7 Å². The van der Waals surface area contributed by atoms with Crippen LogP contribution in [0.15, 0.2) is 91.0 Å². The van der Waals surface area contributed by atoms with E-state index in [0.717, 1.165) is 24.6 Å². The maximum absolute atomic E-state index is 9.86. The maximum Gasteiger partial charge on any atom is 0.0850 e. The van der Waals surface area contributed by atoms with Crippen molar-refractivity contribution in [3.05, 3.63) is 108 Å². The first-order chi connectivity index (χ1) is 12.3. The third-order valence-electron chi connectivity index (χ3n) is 4.66. The standard InChI is InChI=1S/C23H26OP/c24-16-17-25(18-21-10-4-1-5-11-21,19-22-12-6-2-7-13-22)20-23-14-8-3-9-15-23/h1-15,24H,16-20H2/q+1. The third kappa shape index (κ3) is 5.26. The second-order valence-electron chi connectivity index (χ2n) is 6.72. The quantitative estimate of drug-likeness (QED) is 0.525. The summed E-state index contributed by atoms with van der Waals surface area (Å²) in [6, 6.07) is 32.3. The van der Waals surface area contributed by atoms with Crippen molar-refractivity contribution in [3.63, 3.8) is 0 Å². The Labute approximate surface area is 151 Å². The van der Waals surface area contributed by atoms with Gasteiger partial charge in [0.15, 0.2) is 0 Å². The number of hydrogen-bond donors (Lipinski definition) is 1. The molecule has 0 aliphatic carbocycles. The van der Waals surface area contributed by atoms with Gasteiger partial charge in [0.05, 0.1) is 31.3 Å². The summed E-state index contributed by atoms with van der Waals surface area (Å²) in [6.45, 7) is 0.264. The summed E-state index contributed by atoms with van der Waals surface area (Å²) in [4.78, 5) is 0. The van der Waals surface area contributed by atoms with Gasteiger partial charge < -0.3 is 5.11 Å². The molecule has 0 bridgehead atoms.